The van der Waals surface area contributed by atoms with Gasteiger partial charge in [0, 0.05) is 12.6 Å². The summed E-state index contributed by atoms with van der Waals surface area (Å²) < 4.78 is 5.39. The first-order valence-corrected chi connectivity index (χ1v) is 19.0. The van der Waals surface area contributed by atoms with Gasteiger partial charge in [0.2, 0.25) is 0 Å². The number of nitrogens with zero attached hydrogens (tertiary/aromatic N) is 1. The van der Waals surface area contributed by atoms with Gasteiger partial charge in [-0.3, -0.25) is 9.59 Å². The van der Waals surface area contributed by atoms with E-state index in [0.717, 1.165) is 86.2 Å². The third-order valence-electron chi connectivity index (χ3n) is 10.2. The number of aromatic nitrogens is 1. The average Bonchev–Trinajstić information content (AvgIpc) is 3.16. The molecule has 1 aliphatic heterocycles. The van der Waals surface area contributed by atoms with Gasteiger partial charge < -0.3 is 20.9 Å². The maximum absolute atomic E-state index is 12.9. The van der Waals surface area contributed by atoms with Crippen LogP contribution < -0.4 is 15.8 Å². The molecule has 0 atom stereocenters. The number of Topliss-reactive ketones (excluding diaryl/α,β-unsaturated/α-hetero) is 1. The lowest BCUT2D eigenvalue weighted by atomic mass is 9.92. The Labute approximate surface area is 309 Å². The van der Waals surface area contributed by atoms with Crippen molar-refractivity contribution in [3.63, 3.8) is 0 Å². The Bertz CT molecular complexity index is 1780. The van der Waals surface area contributed by atoms with Crippen LogP contribution in [0.4, 0.5) is 5.82 Å². The Hall–Kier alpha value is -4.75. The molecule has 0 amide bonds. The predicted molar refractivity (Wildman–Crippen MR) is 211 cm³/mol. The third kappa shape index (κ3) is 12.5. The number of benzene rings is 3. The maximum Gasteiger partial charge on any atom is 0.163 e. The lowest BCUT2D eigenvalue weighted by Gasteiger charge is -2.22. The highest BCUT2D eigenvalue weighted by molar-refractivity contribution is 6.06. The van der Waals surface area contributed by atoms with Crippen molar-refractivity contribution >= 4 is 23.5 Å². The molecular formula is C45H55N3O4. The minimum absolute atomic E-state index is 0.0177. The van der Waals surface area contributed by atoms with Crippen LogP contribution in [0.2, 0.25) is 0 Å². The summed E-state index contributed by atoms with van der Waals surface area (Å²) in [5.74, 6) is 1.39. The predicted octanol–water partition coefficient (Wildman–Crippen LogP) is 8.42. The summed E-state index contributed by atoms with van der Waals surface area (Å²) in [4.78, 5) is 29.9. The minimum atomic E-state index is -0.227. The number of unbranched alkanes of at least 4 members (excludes halogenated alkanes) is 3. The summed E-state index contributed by atoms with van der Waals surface area (Å²) in [6.45, 7) is 2.27. The maximum atomic E-state index is 12.9. The van der Waals surface area contributed by atoms with Gasteiger partial charge in [-0.05, 0) is 134 Å². The first-order valence-electron chi connectivity index (χ1n) is 19.0. The zero-order valence-electron chi connectivity index (χ0n) is 30.7. The molecule has 2 heterocycles. The van der Waals surface area contributed by atoms with Crippen molar-refractivity contribution < 1.29 is 19.4 Å². The van der Waals surface area contributed by atoms with E-state index in [1.807, 2.05) is 12.1 Å². The Morgan fingerprint density at radius 2 is 1.56 bits per heavy atom. The molecule has 0 spiro atoms. The molecule has 0 bridgehead atoms. The number of methoxy groups -OCH3 is 1. The second-order valence-electron chi connectivity index (χ2n) is 14.2. The van der Waals surface area contributed by atoms with Crippen LogP contribution in [-0.2, 0) is 41.7 Å². The zero-order chi connectivity index (χ0) is 36.5. The number of carbonyl (C=O) groups excluding carboxylic acids is 2. The van der Waals surface area contributed by atoms with E-state index in [1.165, 1.54) is 55.6 Å². The summed E-state index contributed by atoms with van der Waals surface area (Å²) in [6, 6.07) is 24.6. The number of aromatic hydroxyl groups is 1. The van der Waals surface area contributed by atoms with Crippen LogP contribution in [0.5, 0.6) is 11.5 Å². The number of pyridine rings is 1. The summed E-state index contributed by atoms with van der Waals surface area (Å²) >= 11 is 0. The molecule has 7 nitrogen and oxygen atoms in total. The zero-order valence-corrected chi connectivity index (χ0v) is 30.7. The average molecular weight is 702 g/mol. The first kappa shape index (κ1) is 38.5. The number of allylic oxidation sites excluding steroid dienone is 1. The minimum Gasteiger partial charge on any atom is -0.504 e. The molecule has 0 saturated carbocycles. The van der Waals surface area contributed by atoms with Crippen LogP contribution in [0, 0.1) is 5.92 Å². The van der Waals surface area contributed by atoms with Crippen LogP contribution >= 0.6 is 0 Å². The number of nitrogens with two attached hydrogens (primary N) is 1. The molecule has 1 saturated heterocycles. The second-order valence-corrected chi connectivity index (χ2v) is 14.2. The highest BCUT2D eigenvalue weighted by Gasteiger charge is 2.15. The Morgan fingerprint density at radius 1 is 0.846 bits per heavy atom. The number of nitrogen functional groups attached to an aromatic ring is 1. The molecule has 0 unspecified atom stereocenters. The van der Waals surface area contributed by atoms with Gasteiger partial charge in [0.1, 0.15) is 11.6 Å². The van der Waals surface area contributed by atoms with E-state index in [-0.39, 0.29) is 23.7 Å². The topological polar surface area (TPSA) is 115 Å². The molecule has 7 heteroatoms. The molecule has 4 aromatic rings. The first-order chi connectivity index (χ1) is 25.4. The van der Waals surface area contributed by atoms with E-state index in [4.69, 9.17) is 10.5 Å². The van der Waals surface area contributed by atoms with E-state index in [1.54, 1.807) is 24.4 Å². The molecular weight excluding hydrogens is 647 g/mol. The summed E-state index contributed by atoms with van der Waals surface area (Å²) in [5.41, 5.74) is 13.7. The van der Waals surface area contributed by atoms with Crippen molar-refractivity contribution in [3.05, 3.63) is 124 Å². The van der Waals surface area contributed by atoms with E-state index in [0.29, 0.717) is 24.4 Å². The molecule has 0 radical (unpaired) electrons. The lowest BCUT2D eigenvalue weighted by molar-refractivity contribution is -0.124. The van der Waals surface area contributed by atoms with Gasteiger partial charge in [0.25, 0.3) is 0 Å². The van der Waals surface area contributed by atoms with Crippen LogP contribution in [0.3, 0.4) is 0 Å². The molecule has 52 heavy (non-hydrogen) atoms. The van der Waals surface area contributed by atoms with Gasteiger partial charge in [-0.1, -0.05) is 86.4 Å². The van der Waals surface area contributed by atoms with Gasteiger partial charge in [-0.2, -0.15) is 0 Å². The van der Waals surface area contributed by atoms with E-state index in [2.05, 4.69) is 58.8 Å². The van der Waals surface area contributed by atoms with Crippen LogP contribution in [-0.4, -0.2) is 41.9 Å². The number of nitrogens with one attached hydrogen (secondary N) is 1. The molecule has 274 valence electrons. The monoisotopic (exact) mass is 701 g/mol. The van der Waals surface area contributed by atoms with Gasteiger partial charge in [0.15, 0.2) is 17.3 Å². The van der Waals surface area contributed by atoms with Crippen molar-refractivity contribution in [2.75, 3.05) is 25.9 Å². The van der Waals surface area contributed by atoms with Crippen LogP contribution in [0.25, 0.3) is 6.08 Å². The smallest absolute Gasteiger partial charge is 0.163 e. The largest absolute Gasteiger partial charge is 0.504 e. The number of ether oxygens (including phenoxy) is 1. The van der Waals surface area contributed by atoms with Gasteiger partial charge >= 0.3 is 0 Å². The summed E-state index contributed by atoms with van der Waals surface area (Å²) in [6.07, 6.45) is 17.5. The Balaban J connectivity index is 1.17. The van der Waals surface area contributed by atoms with Crippen molar-refractivity contribution in [2.45, 2.75) is 89.9 Å². The number of anilines is 1. The molecule has 1 aromatic heterocycles. The Kier molecular flexibility index (Phi) is 15.0. The fourth-order valence-corrected chi connectivity index (χ4v) is 7.20. The number of piperidine rings is 1. The highest BCUT2D eigenvalue weighted by atomic mass is 16.5. The standard InChI is InChI=1S/C45H55N3O4/c1-52-44-29-37(20-21-42(50)31-41(49)15-8-3-2-5-12-34-22-24-47-25-23-34)39(28-43(44)51)27-40-32-48-45(46)30-38(40)19-18-36-14-9-13-35(26-36)17-16-33-10-6-4-7-11-33/h4,6-7,9-11,13-14,20-21,26,28-30,32,34,47,51H,2-3,5,8,12,15-19,22-25,27,31H2,1H3,(H2,46,48). The van der Waals surface area contributed by atoms with Crippen LogP contribution in [0.1, 0.15) is 96.7 Å². The van der Waals surface area contributed by atoms with Crippen molar-refractivity contribution in [1.82, 2.24) is 10.3 Å². The van der Waals surface area contributed by atoms with Crippen molar-refractivity contribution in [2.24, 2.45) is 5.92 Å². The van der Waals surface area contributed by atoms with E-state index in [9.17, 15) is 14.7 Å². The van der Waals surface area contributed by atoms with Crippen LogP contribution in [0.15, 0.2) is 85.1 Å². The van der Waals surface area contributed by atoms with E-state index >= 15 is 0 Å². The lowest BCUT2D eigenvalue weighted by Crippen LogP contribution is -2.27. The number of aryl methyl sites for hydroxylation is 4. The molecule has 3 aromatic carbocycles. The second kappa shape index (κ2) is 20.3. The summed E-state index contributed by atoms with van der Waals surface area (Å²) in [5, 5.41) is 14.1. The number of phenolic OH excluding ortho intramolecular Hbond substituents is 1. The van der Waals surface area contributed by atoms with Gasteiger partial charge in [-0.25, -0.2) is 4.98 Å². The van der Waals surface area contributed by atoms with Gasteiger partial charge in [0.05, 0.1) is 13.5 Å². The molecule has 1 aliphatic rings. The Morgan fingerprint density at radius 3 is 2.33 bits per heavy atom. The molecule has 5 rings (SSSR count). The number of carbonyl (C=O) groups is 2. The molecule has 1 fully saturated rings. The normalized spacial score (nSPS) is 13.4. The molecule has 4 N–H and O–H groups in total. The summed E-state index contributed by atoms with van der Waals surface area (Å²) in [7, 11) is 1.50. The van der Waals surface area contributed by atoms with E-state index < -0.39 is 0 Å². The number of hydrogen-bond donors (Lipinski definition) is 3. The quantitative estimate of drug-likeness (QED) is 0.0482. The third-order valence-corrected chi connectivity index (χ3v) is 10.2. The number of hydrogen-bond acceptors (Lipinski definition) is 7. The van der Waals surface area contributed by atoms with Crippen molar-refractivity contribution in [1.29, 1.82) is 0 Å². The fourth-order valence-electron chi connectivity index (χ4n) is 7.20. The van der Waals surface area contributed by atoms with Gasteiger partial charge in [-0.15, -0.1) is 0 Å². The van der Waals surface area contributed by atoms with Crippen molar-refractivity contribution in [3.8, 4) is 11.5 Å². The molecule has 0 aliphatic carbocycles. The fraction of sp³-hybridized carbons (Fsp3) is 0.400. The number of rotatable bonds is 20. The highest BCUT2D eigenvalue weighted by Crippen LogP contribution is 2.32. The number of ketones is 2. The number of phenols is 1. The SMILES string of the molecule is COc1cc(C=CC(=O)CC(=O)CCCCCCC2CCNCC2)c(Cc2cnc(N)cc2CCc2cccc(CCc3ccccc3)c2)cc1O.